The second kappa shape index (κ2) is 10.6. The van der Waals surface area contributed by atoms with Crippen LogP contribution in [0.1, 0.15) is 15.9 Å². The van der Waals surface area contributed by atoms with E-state index in [1.807, 2.05) is 66.7 Å². The van der Waals surface area contributed by atoms with Crippen LogP contribution in [0.25, 0.3) is 0 Å². The molecule has 4 rings (SSSR count). The Bertz CT molecular complexity index is 1200. The molecular formula is C25H23ClN4O3. The van der Waals surface area contributed by atoms with Gasteiger partial charge in [-0.25, -0.2) is 0 Å². The van der Waals surface area contributed by atoms with E-state index in [0.717, 1.165) is 11.3 Å². The number of nitrogens with zero attached hydrogens (tertiary/aromatic N) is 2. The Morgan fingerprint density at radius 2 is 1.70 bits per heavy atom. The summed E-state index contributed by atoms with van der Waals surface area (Å²) in [4.78, 5) is 14.8. The topological polar surface area (TPSA) is 93.5 Å². The smallest absolute Gasteiger partial charge is 0.259 e. The molecule has 4 aromatic rings. The number of hydrogen-bond donors (Lipinski definition) is 2. The number of nitrogen functional groups attached to an aromatic ring is 1. The standard InChI is InChI=1S/C25H23ClN4O3/c26-19-5-4-8-22(15-19)32-14-13-30(25(31)23-16-28-29-24(23)27)17-18-9-11-21(12-10-18)33-20-6-2-1-3-7-20/h1-12,15-16H,13-14,17H2,(H3,27,28,29). The molecule has 3 aromatic carbocycles. The van der Waals surface area contributed by atoms with Crippen LogP contribution in [0.2, 0.25) is 5.02 Å². The maximum atomic E-state index is 13.1. The summed E-state index contributed by atoms with van der Waals surface area (Å²) in [5, 5.41) is 7.08. The van der Waals surface area contributed by atoms with E-state index in [9.17, 15) is 4.79 Å². The van der Waals surface area contributed by atoms with Gasteiger partial charge < -0.3 is 20.1 Å². The number of nitrogens with one attached hydrogen (secondary N) is 1. The summed E-state index contributed by atoms with van der Waals surface area (Å²) in [5.41, 5.74) is 7.11. The second-order valence-electron chi connectivity index (χ2n) is 7.28. The SMILES string of the molecule is Nc1n[nH]cc1C(=O)N(CCOc1cccc(Cl)c1)Cc1ccc(Oc2ccccc2)cc1. The summed E-state index contributed by atoms with van der Waals surface area (Å²) in [6.45, 7) is 1.01. The van der Waals surface area contributed by atoms with Crippen LogP contribution in [-0.4, -0.2) is 34.2 Å². The molecule has 0 aliphatic carbocycles. The number of hydrogen-bond acceptors (Lipinski definition) is 5. The van der Waals surface area contributed by atoms with Gasteiger partial charge in [-0.15, -0.1) is 0 Å². The molecule has 8 heteroatoms. The molecule has 0 saturated carbocycles. The number of halogens is 1. The fourth-order valence-corrected chi connectivity index (χ4v) is 3.41. The number of benzene rings is 3. The molecule has 0 aliphatic heterocycles. The van der Waals surface area contributed by atoms with Gasteiger partial charge in [0.15, 0.2) is 5.82 Å². The van der Waals surface area contributed by atoms with Gasteiger partial charge in [-0.2, -0.15) is 5.10 Å². The molecule has 33 heavy (non-hydrogen) atoms. The highest BCUT2D eigenvalue weighted by atomic mass is 35.5. The number of H-pyrrole nitrogens is 1. The van der Waals surface area contributed by atoms with Gasteiger partial charge in [0.25, 0.3) is 5.91 Å². The van der Waals surface area contributed by atoms with Crippen LogP contribution < -0.4 is 15.2 Å². The van der Waals surface area contributed by atoms with E-state index in [0.29, 0.717) is 41.8 Å². The quantitative estimate of drug-likeness (QED) is 0.358. The monoisotopic (exact) mass is 462 g/mol. The van der Waals surface area contributed by atoms with Crippen molar-refractivity contribution in [3.8, 4) is 17.2 Å². The van der Waals surface area contributed by atoms with Crippen molar-refractivity contribution in [2.24, 2.45) is 0 Å². The molecule has 1 aromatic heterocycles. The third-order valence-electron chi connectivity index (χ3n) is 4.89. The van der Waals surface area contributed by atoms with Crippen LogP contribution in [0.15, 0.2) is 85.1 Å². The zero-order valence-electron chi connectivity index (χ0n) is 17.8. The van der Waals surface area contributed by atoms with Gasteiger partial charge in [0.2, 0.25) is 0 Å². The summed E-state index contributed by atoms with van der Waals surface area (Å²) in [5.74, 6) is 2.04. The van der Waals surface area contributed by atoms with Gasteiger partial charge in [-0.3, -0.25) is 9.89 Å². The molecule has 0 saturated heterocycles. The van der Waals surface area contributed by atoms with Gasteiger partial charge in [-0.05, 0) is 48.0 Å². The summed E-state index contributed by atoms with van der Waals surface area (Å²) in [6.07, 6.45) is 1.50. The number of carbonyl (C=O) groups is 1. The lowest BCUT2D eigenvalue weighted by molar-refractivity contribution is 0.0717. The molecule has 7 nitrogen and oxygen atoms in total. The molecule has 0 bridgehead atoms. The Labute approximate surface area is 196 Å². The maximum Gasteiger partial charge on any atom is 0.259 e. The number of para-hydroxylation sites is 1. The van der Waals surface area contributed by atoms with Crippen molar-refractivity contribution in [2.75, 3.05) is 18.9 Å². The van der Waals surface area contributed by atoms with Crippen molar-refractivity contribution in [3.05, 3.63) is 101 Å². The van der Waals surface area contributed by atoms with Crippen molar-refractivity contribution in [1.82, 2.24) is 15.1 Å². The van der Waals surface area contributed by atoms with Gasteiger partial charge in [0.1, 0.15) is 29.4 Å². The Morgan fingerprint density at radius 1 is 0.970 bits per heavy atom. The van der Waals surface area contributed by atoms with E-state index < -0.39 is 0 Å². The number of anilines is 1. The van der Waals surface area contributed by atoms with Gasteiger partial charge in [0.05, 0.1) is 6.54 Å². The average Bonchev–Trinajstić information content (AvgIpc) is 3.26. The third kappa shape index (κ3) is 6.05. The van der Waals surface area contributed by atoms with Crippen LogP contribution in [-0.2, 0) is 6.54 Å². The number of amides is 1. The van der Waals surface area contributed by atoms with Crippen LogP contribution in [0.4, 0.5) is 5.82 Å². The summed E-state index contributed by atoms with van der Waals surface area (Å²) in [6, 6.07) is 24.3. The lowest BCUT2D eigenvalue weighted by Crippen LogP contribution is -2.34. The molecule has 0 radical (unpaired) electrons. The van der Waals surface area contributed by atoms with Crippen LogP contribution in [0, 0.1) is 0 Å². The summed E-state index contributed by atoms with van der Waals surface area (Å²) >= 11 is 6.01. The molecule has 3 N–H and O–H groups in total. The lowest BCUT2D eigenvalue weighted by Gasteiger charge is -2.23. The summed E-state index contributed by atoms with van der Waals surface area (Å²) in [7, 11) is 0. The highest BCUT2D eigenvalue weighted by Crippen LogP contribution is 2.22. The predicted molar refractivity (Wildman–Crippen MR) is 128 cm³/mol. The third-order valence-corrected chi connectivity index (χ3v) is 5.12. The predicted octanol–water partition coefficient (Wildman–Crippen LogP) is 5.16. The van der Waals surface area contributed by atoms with Crippen LogP contribution in [0.5, 0.6) is 17.2 Å². The van der Waals surface area contributed by atoms with E-state index in [2.05, 4.69) is 10.2 Å². The number of carbonyl (C=O) groups excluding carboxylic acids is 1. The summed E-state index contributed by atoms with van der Waals surface area (Å²) < 4.78 is 11.6. The first-order valence-electron chi connectivity index (χ1n) is 10.4. The van der Waals surface area contributed by atoms with Crippen molar-refractivity contribution in [1.29, 1.82) is 0 Å². The van der Waals surface area contributed by atoms with Gasteiger partial charge >= 0.3 is 0 Å². The van der Waals surface area contributed by atoms with E-state index in [4.69, 9.17) is 26.8 Å². The molecule has 168 valence electrons. The zero-order valence-corrected chi connectivity index (χ0v) is 18.5. The highest BCUT2D eigenvalue weighted by molar-refractivity contribution is 6.30. The van der Waals surface area contributed by atoms with E-state index in [-0.39, 0.29) is 11.7 Å². The minimum Gasteiger partial charge on any atom is -0.492 e. The first kappa shape index (κ1) is 22.2. The van der Waals surface area contributed by atoms with E-state index >= 15 is 0 Å². The van der Waals surface area contributed by atoms with Crippen LogP contribution >= 0.6 is 11.6 Å². The molecule has 0 unspecified atom stereocenters. The number of rotatable bonds is 9. The van der Waals surface area contributed by atoms with Crippen molar-refractivity contribution < 1.29 is 14.3 Å². The fourth-order valence-electron chi connectivity index (χ4n) is 3.23. The van der Waals surface area contributed by atoms with Crippen LogP contribution in [0.3, 0.4) is 0 Å². The number of aromatic amines is 1. The highest BCUT2D eigenvalue weighted by Gasteiger charge is 2.20. The first-order chi connectivity index (χ1) is 16.1. The van der Waals surface area contributed by atoms with Crippen molar-refractivity contribution in [3.63, 3.8) is 0 Å². The Kier molecular flexibility index (Phi) is 7.12. The Balaban J connectivity index is 1.44. The molecule has 0 fully saturated rings. The van der Waals surface area contributed by atoms with E-state index in [1.54, 1.807) is 17.0 Å². The fraction of sp³-hybridized carbons (Fsp3) is 0.120. The molecule has 0 spiro atoms. The molecule has 0 aliphatic rings. The van der Waals surface area contributed by atoms with Gasteiger partial charge in [-0.1, -0.05) is 48.0 Å². The largest absolute Gasteiger partial charge is 0.492 e. The first-order valence-corrected chi connectivity index (χ1v) is 10.7. The molecule has 1 heterocycles. The molecule has 0 atom stereocenters. The number of ether oxygens (including phenoxy) is 2. The van der Waals surface area contributed by atoms with Gasteiger partial charge in [0, 0.05) is 17.8 Å². The maximum absolute atomic E-state index is 13.1. The Hall–Kier alpha value is -3.97. The minimum atomic E-state index is -0.236. The van der Waals surface area contributed by atoms with E-state index in [1.165, 1.54) is 6.20 Å². The number of nitrogens with two attached hydrogens (primary N) is 1. The average molecular weight is 463 g/mol. The normalized spacial score (nSPS) is 10.6. The lowest BCUT2D eigenvalue weighted by atomic mass is 10.2. The zero-order chi connectivity index (χ0) is 23.0. The van der Waals surface area contributed by atoms with Crippen molar-refractivity contribution >= 4 is 23.3 Å². The molecule has 1 amide bonds. The Morgan fingerprint density at radius 3 is 2.39 bits per heavy atom. The second-order valence-corrected chi connectivity index (χ2v) is 7.71. The van der Waals surface area contributed by atoms with Crippen molar-refractivity contribution in [2.45, 2.75) is 6.54 Å². The number of aromatic nitrogens is 2. The molecular weight excluding hydrogens is 440 g/mol. The minimum absolute atomic E-state index is 0.160.